The van der Waals surface area contributed by atoms with E-state index in [0.29, 0.717) is 42.6 Å². The number of benzene rings is 2. The standard InChI is InChI=1S/C25H26N6O3/c32-25-19(13-18-14-21-22(15-20(18)26-25)34-12-11-33-21)23(30-9-5-2-6-10-30)24-27-28-29-31(24)16-17-7-3-1-4-8-17/h1,3-4,7-8,13-15,23H,2,5-6,9-12,16H2,(H,26,32). The molecule has 0 aliphatic carbocycles. The fraction of sp³-hybridized carbons (Fsp3) is 0.360. The van der Waals surface area contributed by atoms with Gasteiger partial charge in [-0.2, -0.15) is 0 Å². The van der Waals surface area contributed by atoms with E-state index in [1.165, 1.54) is 6.42 Å². The van der Waals surface area contributed by atoms with Crippen LogP contribution in [0.15, 0.2) is 53.3 Å². The Kier molecular flexibility index (Phi) is 5.46. The lowest BCUT2D eigenvalue weighted by molar-refractivity contribution is 0.172. The lowest BCUT2D eigenvalue weighted by Crippen LogP contribution is -2.38. The number of rotatable bonds is 5. The van der Waals surface area contributed by atoms with Crippen LogP contribution < -0.4 is 15.0 Å². The molecular formula is C25H26N6O3. The van der Waals surface area contributed by atoms with Gasteiger partial charge in [0, 0.05) is 17.0 Å². The number of likely N-dealkylation sites (tertiary alicyclic amines) is 1. The number of tetrazole rings is 1. The molecule has 1 fully saturated rings. The van der Waals surface area contributed by atoms with E-state index in [9.17, 15) is 4.79 Å². The summed E-state index contributed by atoms with van der Waals surface area (Å²) >= 11 is 0. The first kappa shape index (κ1) is 20.9. The second kappa shape index (κ2) is 8.90. The first-order valence-electron chi connectivity index (χ1n) is 11.8. The molecule has 4 aromatic rings. The normalized spacial score (nSPS) is 17.1. The zero-order valence-electron chi connectivity index (χ0n) is 18.8. The number of nitrogens with one attached hydrogen (secondary N) is 1. The summed E-state index contributed by atoms with van der Waals surface area (Å²) in [5, 5.41) is 13.6. The third-order valence-corrected chi connectivity index (χ3v) is 6.57. The quantitative estimate of drug-likeness (QED) is 0.491. The molecule has 6 rings (SSSR count). The van der Waals surface area contributed by atoms with Gasteiger partial charge < -0.3 is 14.5 Å². The van der Waals surface area contributed by atoms with E-state index in [1.54, 1.807) is 0 Å². The van der Waals surface area contributed by atoms with Crippen molar-refractivity contribution in [3.8, 4) is 11.5 Å². The van der Waals surface area contributed by atoms with E-state index in [2.05, 4.69) is 37.5 Å². The average Bonchev–Trinajstić information content (AvgIpc) is 3.32. The van der Waals surface area contributed by atoms with Gasteiger partial charge in [0.05, 0.1) is 12.1 Å². The van der Waals surface area contributed by atoms with Gasteiger partial charge in [-0.3, -0.25) is 9.69 Å². The number of ether oxygens (including phenoxy) is 2. The van der Waals surface area contributed by atoms with Crippen LogP contribution in [0.5, 0.6) is 11.5 Å². The fourth-order valence-electron chi connectivity index (χ4n) is 4.91. The monoisotopic (exact) mass is 458 g/mol. The van der Waals surface area contributed by atoms with Crippen LogP contribution >= 0.6 is 0 Å². The highest BCUT2D eigenvalue weighted by atomic mass is 16.6. The van der Waals surface area contributed by atoms with Gasteiger partial charge in [0.2, 0.25) is 0 Å². The maximum atomic E-state index is 13.4. The predicted octanol–water partition coefficient (Wildman–Crippen LogP) is 2.91. The number of pyridine rings is 1. The number of aromatic nitrogens is 5. The van der Waals surface area contributed by atoms with E-state index in [4.69, 9.17) is 9.47 Å². The minimum Gasteiger partial charge on any atom is -0.486 e. The minimum atomic E-state index is -0.347. The molecule has 0 saturated carbocycles. The molecule has 4 heterocycles. The third-order valence-electron chi connectivity index (χ3n) is 6.57. The molecule has 0 bridgehead atoms. The Hall–Kier alpha value is -3.72. The molecule has 9 nitrogen and oxygen atoms in total. The molecule has 1 unspecified atom stereocenters. The lowest BCUT2D eigenvalue weighted by Gasteiger charge is -2.33. The highest BCUT2D eigenvalue weighted by Gasteiger charge is 2.31. The van der Waals surface area contributed by atoms with Crippen molar-refractivity contribution in [3.63, 3.8) is 0 Å². The summed E-state index contributed by atoms with van der Waals surface area (Å²) in [5.41, 5.74) is 2.31. The van der Waals surface area contributed by atoms with Gasteiger partial charge in [0.25, 0.3) is 5.56 Å². The lowest BCUT2D eigenvalue weighted by atomic mass is 10.00. The molecule has 174 valence electrons. The van der Waals surface area contributed by atoms with E-state index in [1.807, 2.05) is 41.1 Å². The predicted molar refractivity (Wildman–Crippen MR) is 126 cm³/mol. The summed E-state index contributed by atoms with van der Waals surface area (Å²) in [6.07, 6.45) is 3.36. The SMILES string of the molecule is O=c1[nH]c2cc3c(cc2cc1C(c1nnnn1Cc1ccccc1)N1CCCCC1)OCCO3. The van der Waals surface area contributed by atoms with Crippen LogP contribution in [0, 0.1) is 0 Å². The summed E-state index contributed by atoms with van der Waals surface area (Å²) in [6.45, 7) is 3.34. The summed E-state index contributed by atoms with van der Waals surface area (Å²) in [4.78, 5) is 18.8. The molecule has 2 aromatic carbocycles. The molecule has 2 aliphatic heterocycles. The van der Waals surface area contributed by atoms with Gasteiger partial charge in [-0.25, -0.2) is 4.68 Å². The van der Waals surface area contributed by atoms with Gasteiger partial charge in [0.15, 0.2) is 17.3 Å². The maximum Gasteiger partial charge on any atom is 0.253 e. The zero-order chi connectivity index (χ0) is 22.9. The highest BCUT2D eigenvalue weighted by Crippen LogP contribution is 2.35. The first-order valence-corrected chi connectivity index (χ1v) is 11.8. The van der Waals surface area contributed by atoms with Crippen molar-refractivity contribution < 1.29 is 9.47 Å². The van der Waals surface area contributed by atoms with Crippen LogP contribution in [0.3, 0.4) is 0 Å². The van der Waals surface area contributed by atoms with Crippen LogP contribution in [0.2, 0.25) is 0 Å². The number of hydrogen-bond donors (Lipinski definition) is 1. The van der Waals surface area contributed by atoms with E-state index in [-0.39, 0.29) is 11.6 Å². The van der Waals surface area contributed by atoms with Gasteiger partial charge in [-0.05, 0) is 54.1 Å². The number of piperidine rings is 1. The zero-order valence-corrected chi connectivity index (χ0v) is 18.8. The van der Waals surface area contributed by atoms with Gasteiger partial charge in [-0.15, -0.1) is 5.10 Å². The average molecular weight is 459 g/mol. The highest BCUT2D eigenvalue weighted by molar-refractivity contribution is 5.83. The van der Waals surface area contributed by atoms with Gasteiger partial charge in [0.1, 0.15) is 19.3 Å². The Bertz CT molecular complexity index is 1360. The maximum absolute atomic E-state index is 13.4. The van der Waals surface area contributed by atoms with Crippen molar-refractivity contribution in [1.29, 1.82) is 0 Å². The van der Waals surface area contributed by atoms with Crippen molar-refractivity contribution in [2.24, 2.45) is 0 Å². The molecule has 1 saturated heterocycles. The molecule has 2 aliphatic rings. The van der Waals surface area contributed by atoms with Gasteiger partial charge in [-0.1, -0.05) is 36.8 Å². The number of H-pyrrole nitrogens is 1. The van der Waals surface area contributed by atoms with Crippen LogP contribution in [0.4, 0.5) is 0 Å². The fourth-order valence-corrected chi connectivity index (χ4v) is 4.91. The summed E-state index contributed by atoms with van der Waals surface area (Å²) in [7, 11) is 0. The summed E-state index contributed by atoms with van der Waals surface area (Å²) < 4.78 is 13.3. The first-order chi connectivity index (χ1) is 16.8. The summed E-state index contributed by atoms with van der Waals surface area (Å²) in [6, 6.07) is 15.5. The number of hydrogen-bond acceptors (Lipinski definition) is 7. The number of fused-ring (bicyclic) bond motifs is 2. The molecule has 9 heteroatoms. The third kappa shape index (κ3) is 3.92. The second-order valence-electron chi connectivity index (χ2n) is 8.82. The Morgan fingerprint density at radius 3 is 2.53 bits per heavy atom. The molecule has 0 spiro atoms. The second-order valence-corrected chi connectivity index (χ2v) is 8.82. The summed E-state index contributed by atoms with van der Waals surface area (Å²) in [5.74, 6) is 2.02. The van der Waals surface area contributed by atoms with Crippen LogP contribution in [-0.2, 0) is 6.54 Å². The minimum absolute atomic E-state index is 0.144. The van der Waals surface area contributed by atoms with Crippen LogP contribution in [0.1, 0.15) is 42.3 Å². The Morgan fingerprint density at radius 2 is 1.74 bits per heavy atom. The molecule has 34 heavy (non-hydrogen) atoms. The molecule has 0 amide bonds. The smallest absolute Gasteiger partial charge is 0.253 e. The van der Waals surface area contributed by atoms with Crippen molar-refractivity contribution in [2.75, 3.05) is 26.3 Å². The van der Waals surface area contributed by atoms with Crippen molar-refractivity contribution in [1.82, 2.24) is 30.1 Å². The number of aromatic amines is 1. The van der Waals surface area contributed by atoms with E-state index >= 15 is 0 Å². The van der Waals surface area contributed by atoms with Crippen molar-refractivity contribution >= 4 is 10.9 Å². The molecule has 0 radical (unpaired) electrons. The van der Waals surface area contributed by atoms with E-state index < -0.39 is 0 Å². The van der Waals surface area contributed by atoms with Crippen LogP contribution in [0.25, 0.3) is 10.9 Å². The van der Waals surface area contributed by atoms with Crippen molar-refractivity contribution in [2.45, 2.75) is 31.8 Å². The van der Waals surface area contributed by atoms with Gasteiger partial charge >= 0.3 is 0 Å². The Morgan fingerprint density at radius 1 is 0.971 bits per heavy atom. The topological polar surface area (TPSA) is 98.2 Å². The Balaban J connectivity index is 1.46. The van der Waals surface area contributed by atoms with E-state index in [0.717, 1.165) is 42.4 Å². The molecule has 1 atom stereocenters. The Labute approximate surface area is 196 Å². The van der Waals surface area contributed by atoms with Crippen LogP contribution in [-0.4, -0.2) is 56.4 Å². The van der Waals surface area contributed by atoms with Crippen molar-refractivity contribution in [3.05, 3.63) is 75.8 Å². The molecule has 1 N–H and O–H groups in total. The molecule has 2 aromatic heterocycles. The largest absolute Gasteiger partial charge is 0.486 e. The molecular weight excluding hydrogens is 432 g/mol. The number of nitrogens with zero attached hydrogens (tertiary/aromatic N) is 5.